The van der Waals surface area contributed by atoms with Gasteiger partial charge in [-0.2, -0.15) is 20.4 Å². The van der Waals surface area contributed by atoms with Crippen molar-refractivity contribution in [2.24, 2.45) is 0 Å². The number of anilines is 3. The molecule has 0 aliphatic heterocycles. The largest absolute Gasteiger partial charge is 0.360 e. The minimum Gasteiger partial charge on any atom is -0.360 e. The van der Waals surface area contributed by atoms with Crippen LogP contribution in [0, 0.1) is 0 Å². The van der Waals surface area contributed by atoms with E-state index in [0.717, 1.165) is 77.0 Å². The topological polar surface area (TPSA) is 282 Å². The molecule has 0 aliphatic carbocycles. The molecular weight excluding hydrogens is 970 g/mol. The average Bonchev–Trinajstić information content (AvgIpc) is 4.32. The van der Waals surface area contributed by atoms with Crippen LogP contribution in [0.5, 0.6) is 0 Å². The lowest BCUT2D eigenvalue weighted by Crippen LogP contribution is -2.12. The Bertz CT molecular complexity index is 4120. The van der Waals surface area contributed by atoms with E-state index >= 15 is 0 Å². The van der Waals surface area contributed by atoms with Gasteiger partial charge in [0.05, 0.1) is 34.5 Å². The number of carbonyl (C=O) groups is 3. The summed E-state index contributed by atoms with van der Waals surface area (Å²) in [5.41, 5.74) is 12.1. The number of hydrogen-bond acceptors (Lipinski definition) is 12. The van der Waals surface area contributed by atoms with Crippen LogP contribution >= 0.6 is 11.6 Å². The van der Waals surface area contributed by atoms with Crippen molar-refractivity contribution < 1.29 is 14.4 Å². The minimum atomic E-state index is -0.288. The van der Waals surface area contributed by atoms with Crippen LogP contribution in [0.3, 0.4) is 0 Å². The predicted octanol–water partition coefficient (Wildman–Crippen LogP) is 10.3. The van der Waals surface area contributed by atoms with Gasteiger partial charge in [0, 0.05) is 117 Å². The van der Waals surface area contributed by atoms with Gasteiger partial charge in [-0.25, -0.2) is 4.98 Å². The summed E-state index contributed by atoms with van der Waals surface area (Å²) < 4.78 is 0. The fourth-order valence-electron chi connectivity index (χ4n) is 8.13. The number of halogens is 1. The third-order valence-electron chi connectivity index (χ3n) is 11.8. The summed E-state index contributed by atoms with van der Waals surface area (Å²) in [7, 11) is 0. The van der Waals surface area contributed by atoms with E-state index in [1.54, 1.807) is 104 Å². The van der Waals surface area contributed by atoms with Gasteiger partial charge < -0.3 is 20.9 Å². The highest BCUT2D eigenvalue weighted by Gasteiger charge is 2.19. The lowest BCUT2D eigenvalue weighted by molar-refractivity contribution is 0.101. The molecule has 3 amide bonds. The summed E-state index contributed by atoms with van der Waals surface area (Å²) in [4.78, 5) is 61.0. The van der Waals surface area contributed by atoms with Crippen LogP contribution in [0.1, 0.15) is 31.5 Å². The Morgan fingerprint density at radius 3 is 1.36 bits per heavy atom. The van der Waals surface area contributed by atoms with Crippen molar-refractivity contribution in [3.8, 4) is 33.4 Å². The van der Waals surface area contributed by atoms with Crippen LogP contribution < -0.4 is 16.0 Å². The molecule has 13 aromatic rings. The Balaban J connectivity index is 0.000000121. The van der Waals surface area contributed by atoms with Crippen molar-refractivity contribution in [3.05, 3.63) is 206 Å². The van der Waals surface area contributed by atoms with E-state index in [1.807, 2.05) is 79.1 Å². The van der Waals surface area contributed by atoms with Crippen LogP contribution in [0.15, 0.2) is 184 Å². The average molecular weight is 1010 g/mol. The summed E-state index contributed by atoms with van der Waals surface area (Å²) >= 11 is 5.84. The molecule has 0 aliphatic rings. The zero-order valence-electron chi connectivity index (χ0n) is 38.9. The highest BCUT2D eigenvalue weighted by atomic mass is 35.5. The molecule has 75 heavy (non-hydrogen) atoms. The molecule has 0 bridgehead atoms. The van der Waals surface area contributed by atoms with Gasteiger partial charge in [0.2, 0.25) is 0 Å². The van der Waals surface area contributed by atoms with E-state index in [2.05, 4.69) is 86.6 Å². The SMILES string of the molecule is O=C(Nc1ccncc1)c1n[nH]c2ccc(-c3ccc(Cl)nc3)cc12.O=C(Nc1ccncc1)c1n[nH]c2ccc(-c3cn[nH]c3)cc12.O=C(Nc1ccncc1)c1n[nH]c2ccc(-c3cncc4[nH]ccc34)cc12. The van der Waals surface area contributed by atoms with E-state index in [4.69, 9.17) is 11.6 Å². The molecule has 0 saturated carbocycles. The molecule has 0 fully saturated rings. The maximum Gasteiger partial charge on any atom is 0.276 e. The maximum atomic E-state index is 12.7. The second-order valence-electron chi connectivity index (χ2n) is 16.6. The molecule has 13 rings (SSSR count). The number of nitrogens with zero attached hydrogens (tertiary/aromatic N) is 9. The summed E-state index contributed by atoms with van der Waals surface area (Å²) in [5.74, 6) is -0.835. The van der Waals surface area contributed by atoms with Crippen molar-refractivity contribution in [1.29, 1.82) is 0 Å². The van der Waals surface area contributed by atoms with Gasteiger partial charge in [-0.05, 0) is 108 Å². The first-order chi connectivity index (χ1) is 36.8. The van der Waals surface area contributed by atoms with Gasteiger partial charge in [0.15, 0.2) is 17.1 Å². The third-order valence-corrected chi connectivity index (χ3v) is 12.1. The number of aromatic amines is 5. The molecule has 10 aromatic heterocycles. The summed E-state index contributed by atoms with van der Waals surface area (Å²) in [5, 5.41) is 40.1. The van der Waals surface area contributed by atoms with E-state index < -0.39 is 0 Å². The molecule has 3 aromatic carbocycles. The number of benzene rings is 3. The molecule has 364 valence electrons. The van der Waals surface area contributed by atoms with E-state index in [1.165, 1.54) is 0 Å². The number of H-pyrrole nitrogens is 5. The molecular formula is C54H38ClN17O3. The van der Waals surface area contributed by atoms with Crippen molar-refractivity contribution >= 4 is 90.0 Å². The Hall–Kier alpha value is -10.7. The Morgan fingerprint density at radius 2 is 0.893 bits per heavy atom. The van der Waals surface area contributed by atoms with Gasteiger partial charge in [0.25, 0.3) is 17.7 Å². The molecule has 0 saturated heterocycles. The van der Waals surface area contributed by atoms with Crippen molar-refractivity contribution in [1.82, 2.24) is 70.7 Å². The van der Waals surface area contributed by atoms with Gasteiger partial charge in [-0.1, -0.05) is 29.8 Å². The second kappa shape index (κ2) is 20.9. The summed E-state index contributed by atoms with van der Waals surface area (Å²) in [6.07, 6.45) is 20.5. The zero-order valence-corrected chi connectivity index (χ0v) is 39.7. The lowest BCUT2D eigenvalue weighted by atomic mass is 10.0. The fourth-order valence-corrected chi connectivity index (χ4v) is 8.24. The van der Waals surface area contributed by atoms with Gasteiger partial charge in [-0.3, -0.25) is 54.7 Å². The van der Waals surface area contributed by atoms with Crippen LogP contribution in [0.25, 0.3) is 77.0 Å². The van der Waals surface area contributed by atoms with Gasteiger partial charge >= 0.3 is 0 Å². The zero-order chi connectivity index (χ0) is 51.1. The lowest BCUT2D eigenvalue weighted by Gasteiger charge is -2.05. The summed E-state index contributed by atoms with van der Waals surface area (Å²) in [6, 6.07) is 33.4. The Labute approximate surface area is 428 Å². The number of aromatic nitrogens is 14. The van der Waals surface area contributed by atoms with Gasteiger partial charge in [0.1, 0.15) is 5.15 Å². The molecule has 21 heteroatoms. The number of nitrogens with one attached hydrogen (secondary N) is 8. The minimum absolute atomic E-state index is 0.271. The number of rotatable bonds is 9. The van der Waals surface area contributed by atoms with Crippen LogP contribution in [0.2, 0.25) is 5.15 Å². The normalized spacial score (nSPS) is 10.9. The number of hydrogen-bond donors (Lipinski definition) is 8. The fraction of sp³-hybridized carbons (Fsp3) is 0. The smallest absolute Gasteiger partial charge is 0.276 e. The predicted molar refractivity (Wildman–Crippen MR) is 286 cm³/mol. The Kier molecular flexibility index (Phi) is 13.0. The molecule has 0 unspecified atom stereocenters. The van der Waals surface area contributed by atoms with E-state index in [9.17, 15) is 14.4 Å². The first-order valence-electron chi connectivity index (χ1n) is 22.9. The number of carbonyl (C=O) groups excluding carboxylic acids is 3. The first kappa shape index (κ1) is 46.6. The van der Waals surface area contributed by atoms with Crippen molar-refractivity contribution in [2.45, 2.75) is 0 Å². The first-order valence-corrected chi connectivity index (χ1v) is 23.3. The van der Waals surface area contributed by atoms with Crippen molar-refractivity contribution in [3.63, 3.8) is 0 Å². The molecule has 0 atom stereocenters. The molecule has 0 spiro atoms. The molecule has 20 nitrogen and oxygen atoms in total. The number of pyridine rings is 5. The van der Waals surface area contributed by atoms with Crippen LogP contribution in [-0.4, -0.2) is 88.4 Å². The number of fused-ring (bicyclic) bond motifs is 4. The second-order valence-corrected chi connectivity index (χ2v) is 16.9. The van der Waals surface area contributed by atoms with Crippen molar-refractivity contribution in [2.75, 3.05) is 16.0 Å². The van der Waals surface area contributed by atoms with E-state index in [0.29, 0.717) is 39.3 Å². The highest BCUT2D eigenvalue weighted by molar-refractivity contribution is 6.29. The molecule has 8 N–H and O–H groups in total. The molecule has 10 heterocycles. The quantitative estimate of drug-likeness (QED) is 0.0627. The Morgan fingerprint density at radius 1 is 0.427 bits per heavy atom. The van der Waals surface area contributed by atoms with Crippen LogP contribution in [0.4, 0.5) is 17.1 Å². The molecule has 0 radical (unpaired) electrons. The maximum absolute atomic E-state index is 12.7. The highest BCUT2D eigenvalue weighted by Crippen LogP contribution is 2.31. The van der Waals surface area contributed by atoms with Crippen LogP contribution in [-0.2, 0) is 0 Å². The van der Waals surface area contributed by atoms with E-state index in [-0.39, 0.29) is 17.7 Å². The standard InChI is InChI=1S/C20H14N6O.C18H12ClN5O.C16H12N6O/c27-20(24-13-3-6-21-7-4-13)19-15-9-12(1-2-17(15)25-26-19)16-10-22-11-18-14(16)5-8-23-18;19-16-4-2-12(10-21-16)11-1-3-15-14(9-11)17(24-23-15)18(25)22-13-5-7-20-8-6-13;23-16(20-12-3-5-17-6-4-12)15-13-7-10(11-8-18-19-9-11)1-2-14(13)21-22-15/h1-11,23H,(H,25,26)(H,21,24,27);1-10H,(H,23,24)(H,20,22,25);1-9H,(H,18,19)(H,21,22)(H,17,20,23). The summed E-state index contributed by atoms with van der Waals surface area (Å²) in [6.45, 7) is 0. The monoisotopic (exact) mass is 1010 g/mol. The van der Waals surface area contributed by atoms with Gasteiger partial charge in [-0.15, -0.1) is 0 Å². The third kappa shape index (κ3) is 10.2. The number of amides is 3.